The number of hydrogen-bond donors (Lipinski definition) is 1. The van der Waals surface area contributed by atoms with Gasteiger partial charge in [-0.2, -0.15) is 13.2 Å². The molecule has 0 aliphatic carbocycles. The normalized spacial score (nSPS) is 12.4. The van der Waals surface area contributed by atoms with Gasteiger partial charge in [-0.15, -0.1) is 13.2 Å². The van der Waals surface area contributed by atoms with Gasteiger partial charge in [-0.05, 0) is 0 Å². The summed E-state index contributed by atoms with van der Waals surface area (Å²) < 4.78 is 82.0. The third-order valence-electron chi connectivity index (χ3n) is 2.00. The van der Waals surface area contributed by atoms with Crippen LogP contribution in [0.4, 0.5) is 26.3 Å². The Morgan fingerprint density at radius 1 is 1.21 bits per heavy atom. The molecule has 2 N–H and O–H groups in total. The lowest BCUT2D eigenvalue weighted by molar-refractivity contribution is -0.275. The molecule has 0 aliphatic rings. The number of pyridine rings is 1. The van der Waals surface area contributed by atoms with E-state index in [-0.39, 0.29) is 6.20 Å². The van der Waals surface area contributed by atoms with Gasteiger partial charge >= 0.3 is 12.5 Å². The fourth-order valence-electron chi connectivity index (χ4n) is 1.37. The number of nitrogens with zero attached hydrogens (tertiary/aromatic N) is 1. The summed E-state index contributed by atoms with van der Waals surface area (Å²) in [5.74, 6) is -1.73. The van der Waals surface area contributed by atoms with Crippen LogP contribution in [-0.4, -0.2) is 18.5 Å². The van der Waals surface area contributed by atoms with Crippen molar-refractivity contribution in [2.75, 3.05) is 7.11 Å². The standard InChI is InChI=1S/C9H8F6N2O2/c1-18-6-4(2-16)7(8(10,11)12)17-3-5(6)19-9(13,14)15/h3H,2,16H2,1H3. The Morgan fingerprint density at radius 2 is 1.79 bits per heavy atom. The Morgan fingerprint density at radius 3 is 2.16 bits per heavy atom. The van der Waals surface area contributed by atoms with Crippen LogP contribution in [0, 0.1) is 0 Å². The van der Waals surface area contributed by atoms with E-state index in [2.05, 4.69) is 14.5 Å². The molecular formula is C9H8F6N2O2. The zero-order valence-electron chi connectivity index (χ0n) is 9.39. The van der Waals surface area contributed by atoms with Crippen LogP contribution < -0.4 is 15.2 Å². The largest absolute Gasteiger partial charge is 0.573 e. The molecule has 1 aromatic rings. The second-order valence-corrected chi connectivity index (χ2v) is 3.23. The van der Waals surface area contributed by atoms with Gasteiger partial charge in [-0.1, -0.05) is 0 Å². The van der Waals surface area contributed by atoms with E-state index in [4.69, 9.17) is 5.73 Å². The fraction of sp³-hybridized carbons (Fsp3) is 0.444. The second kappa shape index (κ2) is 5.11. The average molecular weight is 290 g/mol. The van der Waals surface area contributed by atoms with Gasteiger partial charge in [-0.25, -0.2) is 4.98 Å². The summed E-state index contributed by atoms with van der Waals surface area (Å²) in [5, 5.41) is 0. The molecule has 0 atom stereocenters. The number of alkyl halides is 6. The lowest BCUT2D eigenvalue weighted by atomic mass is 10.1. The number of nitrogens with two attached hydrogens (primary N) is 1. The maximum atomic E-state index is 12.6. The molecule has 0 bridgehead atoms. The predicted molar refractivity (Wildman–Crippen MR) is 50.4 cm³/mol. The van der Waals surface area contributed by atoms with Gasteiger partial charge in [0.05, 0.1) is 13.3 Å². The Kier molecular flexibility index (Phi) is 4.13. The first kappa shape index (κ1) is 15.3. The van der Waals surface area contributed by atoms with Crippen molar-refractivity contribution < 1.29 is 35.8 Å². The molecule has 0 fully saturated rings. The van der Waals surface area contributed by atoms with Crippen molar-refractivity contribution in [1.29, 1.82) is 0 Å². The van der Waals surface area contributed by atoms with Gasteiger partial charge in [0.2, 0.25) is 0 Å². The van der Waals surface area contributed by atoms with Crippen molar-refractivity contribution in [1.82, 2.24) is 4.98 Å². The van der Waals surface area contributed by atoms with Crippen molar-refractivity contribution in [2.45, 2.75) is 19.1 Å². The summed E-state index contributed by atoms with van der Waals surface area (Å²) in [6.07, 6.45) is -9.66. The molecule has 0 saturated carbocycles. The van der Waals surface area contributed by atoms with Crippen LogP contribution in [0.15, 0.2) is 6.20 Å². The highest BCUT2D eigenvalue weighted by Crippen LogP contribution is 2.40. The topological polar surface area (TPSA) is 57.4 Å². The van der Waals surface area contributed by atoms with E-state index >= 15 is 0 Å². The SMILES string of the molecule is COc1c(OC(F)(F)F)cnc(C(F)(F)F)c1CN. The summed E-state index contributed by atoms with van der Waals surface area (Å²) in [5.41, 5.74) is 2.97. The minimum absolute atomic E-state index is 0.286. The third kappa shape index (κ3) is 3.63. The van der Waals surface area contributed by atoms with E-state index in [0.717, 1.165) is 7.11 Å². The molecule has 0 radical (unpaired) electrons. The molecule has 0 spiro atoms. The molecular weight excluding hydrogens is 282 g/mol. The fourth-order valence-corrected chi connectivity index (χ4v) is 1.37. The Hall–Kier alpha value is -1.71. The Bertz CT molecular complexity index is 457. The van der Waals surface area contributed by atoms with Crippen molar-refractivity contribution in [3.8, 4) is 11.5 Å². The summed E-state index contributed by atoms with van der Waals surface area (Å²) >= 11 is 0. The maximum absolute atomic E-state index is 12.6. The first-order valence-corrected chi connectivity index (χ1v) is 4.69. The van der Waals surface area contributed by atoms with Crippen molar-refractivity contribution in [3.63, 3.8) is 0 Å². The van der Waals surface area contributed by atoms with E-state index in [1.165, 1.54) is 0 Å². The third-order valence-corrected chi connectivity index (χ3v) is 2.00. The highest BCUT2D eigenvalue weighted by molar-refractivity contribution is 5.48. The van der Waals surface area contributed by atoms with E-state index in [1.54, 1.807) is 0 Å². The quantitative estimate of drug-likeness (QED) is 0.869. The molecule has 0 saturated heterocycles. The van der Waals surface area contributed by atoms with Gasteiger partial charge in [0, 0.05) is 12.1 Å². The molecule has 4 nitrogen and oxygen atoms in total. The van der Waals surface area contributed by atoms with Crippen molar-refractivity contribution in [2.24, 2.45) is 5.73 Å². The van der Waals surface area contributed by atoms with Crippen LogP contribution in [0.5, 0.6) is 11.5 Å². The molecule has 1 heterocycles. The number of rotatable bonds is 3. The highest BCUT2D eigenvalue weighted by Gasteiger charge is 2.39. The first-order chi connectivity index (χ1) is 8.60. The van der Waals surface area contributed by atoms with Crippen LogP contribution in [0.25, 0.3) is 0 Å². The molecule has 0 aliphatic heterocycles. The molecule has 0 unspecified atom stereocenters. The average Bonchev–Trinajstić information content (AvgIpc) is 2.24. The summed E-state index contributed by atoms with van der Waals surface area (Å²) in [6, 6.07) is 0. The van der Waals surface area contributed by atoms with Gasteiger partial charge in [0.1, 0.15) is 0 Å². The van der Waals surface area contributed by atoms with E-state index in [1.807, 2.05) is 0 Å². The van der Waals surface area contributed by atoms with E-state index in [0.29, 0.717) is 0 Å². The van der Waals surface area contributed by atoms with Gasteiger partial charge < -0.3 is 15.2 Å². The zero-order chi connectivity index (χ0) is 14.8. The summed E-state index contributed by atoms with van der Waals surface area (Å²) in [7, 11) is 0.901. The first-order valence-electron chi connectivity index (χ1n) is 4.69. The molecule has 1 aromatic heterocycles. The van der Waals surface area contributed by atoms with Crippen LogP contribution in [0.3, 0.4) is 0 Å². The summed E-state index contributed by atoms with van der Waals surface area (Å²) in [6.45, 7) is -0.708. The van der Waals surface area contributed by atoms with E-state index in [9.17, 15) is 26.3 Å². The predicted octanol–water partition coefficient (Wildman–Crippen LogP) is 2.47. The van der Waals surface area contributed by atoms with E-state index < -0.39 is 41.8 Å². The van der Waals surface area contributed by atoms with Crippen LogP contribution in [0.2, 0.25) is 0 Å². The van der Waals surface area contributed by atoms with Crippen molar-refractivity contribution >= 4 is 0 Å². The lowest BCUT2D eigenvalue weighted by Gasteiger charge is -2.18. The maximum Gasteiger partial charge on any atom is 0.573 e. The number of hydrogen-bond acceptors (Lipinski definition) is 4. The molecule has 1 rings (SSSR count). The number of methoxy groups -OCH3 is 1. The smallest absolute Gasteiger partial charge is 0.492 e. The molecule has 0 aromatic carbocycles. The number of halogens is 6. The number of aromatic nitrogens is 1. The van der Waals surface area contributed by atoms with Gasteiger partial charge in [0.15, 0.2) is 17.2 Å². The molecule has 0 amide bonds. The summed E-state index contributed by atoms with van der Waals surface area (Å²) in [4.78, 5) is 2.90. The second-order valence-electron chi connectivity index (χ2n) is 3.23. The Labute approximate surface area is 103 Å². The van der Waals surface area contributed by atoms with Crippen LogP contribution >= 0.6 is 0 Å². The lowest BCUT2D eigenvalue weighted by Crippen LogP contribution is -2.20. The monoisotopic (exact) mass is 290 g/mol. The minimum Gasteiger partial charge on any atom is -0.492 e. The van der Waals surface area contributed by atoms with Gasteiger partial charge in [0.25, 0.3) is 0 Å². The van der Waals surface area contributed by atoms with Crippen molar-refractivity contribution in [3.05, 3.63) is 17.5 Å². The minimum atomic E-state index is -5.08. The van der Waals surface area contributed by atoms with Gasteiger partial charge in [-0.3, -0.25) is 0 Å². The number of ether oxygens (including phenoxy) is 2. The molecule has 19 heavy (non-hydrogen) atoms. The van der Waals surface area contributed by atoms with Crippen LogP contribution in [-0.2, 0) is 12.7 Å². The molecule has 10 heteroatoms. The van der Waals surface area contributed by atoms with Crippen LogP contribution in [0.1, 0.15) is 11.3 Å². The molecule has 108 valence electrons. The Balaban J connectivity index is 3.39. The zero-order valence-corrected chi connectivity index (χ0v) is 9.39. The highest BCUT2D eigenvalue weighted by atomic mass is 19.4.